The monoisotopic (exact) mass is 339 g/mol. The molecule has 1 aromatic carbocycles. The number of nitrogens with zero attached hydrogens (tertiary/aromatic N) is 1. The molecule has 0 aromatic heterocycles. The van der Waals surface area contributed by atoms with Gasteiger partial charge in [0.05, 0.1) is 5.69 Å². The van der Waals surface area contributed by atoms with Crippen molar-refractivity contribution in [3.05, 3.63) is 29.8 Å². The molecule has 1 aliphatic heterocycles. The van der Waals surface area contributed by atoms with Crippen LogP contribution in [-0.2, 0) is 4.79 Å². The van der Waals surface area contributed by atoms with Crippen LogP contribution in [0.3, 0.4) is 0 Å². The van der Waals surface area contributed by atoms with Gasteiger partial charge in [-0.1, -0.05) is 13.8 Å². The van der Waals surface area contributed by atoms with E-state index in [2.05, 4.69) is 10.6 Å². The van der Waals surface area contributed by atoms with Crippen LogP contribution in [0.2, 0.25) is 0 Å². The maximum absolute atomic E-state index is 13.6. The number of urea groups is 1. The van der Waals surface area contributed by atoms with Crippen LogP contribution >= 0.6 is 0 Å². The van der Waals surface area contributed by atoms with Crippen molar-refractivity contribution in [1.82, 2.24) is 10.2 Å². The number of rotatable bonds is 4. The molecule has 0 bridgehead atoms. The fourth-order valence-corrected chi connectivity index (χ4v) is 2.65. The fourth-order valence-electron chi connectivity index (χ4n) is 2.65. The number of hydrogen-bond donors (Lipinski definition) is 2. The summed E-state index contributed by atoms with van der Waals surface area (Å²) in [6.07, 6.45) is 1.74. The number of halogens is 2. The van der Waals surface area contributed by atoms with Crippen molar-refractivity contribution in [2.75, 3.05) is 25.0 Å². The van der Waals surface area contributed by atoms with E-state index >= 15 is 0 Å². The first-order valence-electron chi connectivity index (χ1n) is 8.15. The van der Waals surface area contributed by atoms with Gasteiger partial charge in [0.2, 0.25) is 5.91 Å². The number of anilines is 1. The fraction of sp³-hybridized carbons (Fsp3) is 0.529. The molecule has 1 heterocycles. The summed E-state index contributed by atoms with van der Waals surface area (Å²) in [6, 6.07) is 2.61. The Morgan fingerprint density at radius 1 is 1.33 bits per heavy atom. The van der Waals surface area contributed by atoms with Gasteiger partial charge >= 0.3 is 6.03 Å². The van der Waals surface area contributed by atoms with Gasteiger partial charge < -0.3 is 15.5 Å². The van der Waals surface area contributed by atoms with Gasteiger partial charge in [-0.05, 0) is 30.9 Å². The van der Waals surface area contributed by atoms with Crippen molar-refractivity contribution in [2.45, 2.75) is 26.7 Å². The number of nitrogens with one attached hydrogen (secondary N) is 2. The lowest BCUT2D eigenvalue weighted by Crippen LogP contribution is -2.45. The van der Waals surface area contributed by atoms with E-state index in [0.29, 0.717) is 19.6 Å². The summed E-state index contributed by atoms with van der Waals surface area (Å²) >= 11 is 0. The molecule has 132 valence electrons. The first-order chi connectivity index (χ1) is 11.4. The van der Waals surface area contributed by atoms with E-state index in [-0.39, 0.29) is 23.4 Å². The van der Waals surface area contributed by atoms with Gasteiger partial charge in [-0.2, -0.15) is 0 Å². The molecule has 1 unspecified atom stereocenters. The minimum absolute atomic E-state index is 0.00930. The highest BCUT2D eigenvalue weighted by Crippen LogP contribution is 2.19. The molecule has 5 nitrogen and oxygen atoms in total. The first kappa shape index (κ1) is 18.2. The molecule has 0 radical (unpaired) electrons. The second-order valence-electron chi connectivity index (χ2n) is 6.41. The Bertz CT molecular complexity index is 607. The molecule has 1 saturated heterocycles. The van der Waals surface area contributed by atoms with Gasteiger partial charge in [0.15, 0.2) is 0 Å². The van der Waals surface area contributed by atoms with Crippen molar-refractivity contribution in [3.8, 4) is 0 Å². The van der Waals surface area contributed by atoms with Gasteiger partial charge in [0.25, 0.3) is 0 Å². The van der Waals surface area contributed by atoms with Crippen LogP contribution in [0.4, 0.5) is 19.3 Å². The molecular formula is C17H23F2N3O2. The largest absolute Gasteiger partial charge is 0.356 e. The molecular weight excluding hydrogens is 316 g/mol. The van der Waals surface area contributed by atoms with Crippen molar-refractivity contribution < 1.29 is 18.4 Å². The quantitative estimate of drug-likeness (QED) is 0.886. The summed E-state index contributed by atoms with van der Waals surface area (Å²) in [5.74, 6) is -1.41. The lowest BCUT2D eigenvalue weighted by molar-refractivity contribution is -0.124. The normalized spacial score (nSPS) is 17.7. The van der Waals surface area contributed by atoms with Crippen molar-refractivity contribution in [1.29, 1.82) is 0 Å². The Morgan fingerprint density at radius 3 is 2.75 bits per heavy atom. The maximum atomic E-state index is 13.6. The zero-order valence-corrected chi connectivity index (χ0v) is 13.9. The van der Waals surface area contributed by atoms with Crippen LogP contribution in [0.25, 0.3) is 0 Å². The standard InChI is InChI=1S/C17H23F2N3O2/c1-11(2)16(23)20-9-12-4-3-7-22(10-12)17(24)21-15-6-5-13(18)8-14(15)19/h5-6,8,11-12H,3-4,7,9-10H2,1-2H3,(H,20,23)(H,21,24). The summed E-state index contributed by atoms with van der Waals surface area (Å²) in [6.45, 7) is 5.24. The van der Waals surface area contributed by atoms with Gasteiger partial charge in [-0.25, -0.2) is 13.6 Å². The van der Waals surface area contributed by atoms with Gasteiger partial charge in [0.1, 0.15) is 11.6 Å². The second kappa shape index (κ2) is 8.08. The van der Waals surface area contributed by atoms with E-state index < -0.39 is 17.7 Å². The maximum Gasteiger partial charge on any atom is 0.321 e. The second-order valence-corrected chi connectivity index (χ2v) is 6.41. The molecule has 2 rings (SSSR count). The third-order valence-electron chi connectivity index (χ3n) is 4.07. The zero-order valence-electron chi connectivity index (χ0n) is 13.9. The zero-order chi connectivity index (χ0) is 17.7. The number of carbonyl (C=O) groups is 2. The molecule has 0 aliphatic carbocycles. The minimum atomic E-state index is -0.805. The molecule has 2 N–H and O–H groups in total. The number of likely N-dealkylation sites (tertiary alicyclic amines) is 1. The minimum Gasteiger partial charge on any atom is -0.356 e. The predicted octanol–water partition coefficient (Wildman–Crippen LogP) is 2.98. The summed E-state index contributed by atoms with van der Waals surface area (Å²) in [7, 11) is 0. The van der Waals surface area contributed by atoms with Crippen LogP contribution in [0.15, 0.2) is 18.2 Å². The average Bonchev–Trinajstić information content (AvgIpc) is 2.55. The summed E-state index contributed by atoms with van der Waals surface area (Å²) < 4.78 is 26.5. The Hall–Kier alpha value is -2.18. The highest BCUT2D eigenvalue weighted by atomic mass is 19.1. The van der Waals surface area contributed by atoms with Gasteiger partial charge in [-0.15, -0.1) is 0 Å². The molecule has 24 heavy (non-hydrogen) atoms. The van der Waals surface area contributed by atoms with Crippen LogP contribution in [-0.4, -0.2) is 36.5 Å². The summed E-state index contributed by atoms with van der Waals surface area (Å²) in [5.41, 5.74) is -0.0448. The number of amides is 3. The van der Waals surface area contributed by atoms with Crippen molar-refractivity contribution >= 4 is 17.6 Å². The van der Waals surface area contributed by atoms with Gasteiger partial charge in [-0.3, -0.25) is 4.79 Å². The molecule has 3 amide bonds. The number of piperidine rings is 1. The summed E-state index contributed by atoms with van der Waals surface area (Å²) in [5, 5.41) is 5.35. The Morgan fingerprint density at radius 2 is 2.08 bits per heavy atom. The number of carbonyl (C=O) groups excluding carboxylic acids is 2. The average molecular weight is 339 g/mol. The smallest absolute Gasteiger partial charge is 0.321 e. The van der Waals surface area contributed by atoms with E-state index in [0.717, 1.165) is 25.0 Å². The third-order valence-corrected chi connectivity index (χ3v) is 4.07. The lowest BCUT2D eigenvalue weighted by atomic mass is 9.98. The highest BCUT2D eigenvalue weighted by Gasteiger charge is 2.24. The Labute approximate surface area is 140 Å². The van der Waals surface area contributed by atoms with E-state index in [4.69, 9.17) is 0 Å². The molecule has 1 aliphatic rings. The van der Waals surface area contributed by atoms with Crippen LogP contribution in [0, 0.1) is 23.5 Å². The summed E-state index contributed by atoms with van der Waals surface area (Å²) in [4.78, 5) is 25.5. The van der Waals surface area contributed by atoms with E-state index in [1.165, 1.54) is 6.07 Å². The molecule has 7 heteroatoms. The van der Waals surface area contributed by atoms with Crippen LogP contribution in [0.1, 0.15) is 26.7 Å². The molecule has 0 saturated carbocycles. The molecule has 0 spiro atoms. The molecule has 1 fully saturated rings. The Kier molecular flexibility index (Phi) is 6.11. The Balaban J connectivity index is 1.89. The highest BCUT2D eigenvalue weighted by molar-refractivity contribution is 5.89. The van der Waals surface area contributed by atoms with E-state index in [1.54, 1.807) is 4.90 Å². The third kappa shape index (κ3) is 4.91. The number of hydrogen-bond acceptors (Lipinski definition) is 2. The van der Waals surface area contributed by atoms with Gasteiger partial charge in [0, 0.05) is 31.6 Å². The van der Waals surface area contributed by atoms with Crippen molar-refractivity contribution in [2.24, 2.45) is 11.8 Å². The lowest BCUT2D eigenvalue weighted by Gasteiger charge is -2.33. The van der Waals surface area contributed by atoms with Crippen LogP contribution in [0.5, 0.6) is 0 Å². The van der Waals surface area contributed by atoms with E-state index in [9.17, 15) is 18.4 Å². The predicted molar refractivity (Wildman–Crippen MR) is 87.5 cm³/mol. The molecule has 1 atom stereocenters. The molecule has 1 aromatic rings. The topological polar surface area (TPSA) is 61.4 Å². The SMILES string of the molecule is CC(C)C(=O)NCC1CCCN(C(=O)Nc2ccc(F)cc2F)C1. The van der Waals surface area contributed by atoms with Crippen LogP contribution < -0.4 is 10.6 Å². The van der Waals surface area contributed by atoms with E-state index in [1.807, 2.05) is 13.8 Å². The first-order valence-corrected chi connectivity index (χ1v) is 8.15. The number of benzene rings is 1. The van der Waals surface area contributed by atoms with Crippen molar-refractivity contribution in [3.63, 3.8) is 0 Å².